The van der Waals surface area contributed by atoms with Crippen molar-refractivity contribution in [3.8, 4) is 0 Å². The van der Waals surface area contributed by atoms with Crippen molar-refractivity contribution < 1.29 is 13.2 Å². The summed E-state index contributed by atoms with van der Waals surface area (Å²) in [5.74, 6) is 0. The summed E-state index contributed by atoms with van der Waals surface area (Å²) < 4.78 is 36.6. The zero-order valence-electron chi connectivity index (χ0n) is 7.94. The molecule has 1 aromatic rings. The SMILES string of the molecule is C=C(C)c1ccc(C(F)(F)F)nc1C. The van der Waals surface area contributed by atoms with Crippen LogP contribution in [0, 0.1) is 6.92 Å². The lowest BCUT2D eigenvalue weighted by Gasteiger charge is -2.09. The standard InChI is InChI=1S/C10H10F3N/c1-6(2)8-4-5-9(10(11,12)13)14-7(8)3/h4-5H,1H2,2-3H3. The van der Waals surface area contributed by atoms with E-state index in [2.05, 4.69) is 11.6 Å². The summed E-state index contributed by atoms with van der Waals surface area (Å²) in [6.45, 7) is 6.93. The number of hydrogen-bond acceptors (Lipinski definition) is 1. The second-order valence-corrected chi connectivity index (χ2v) is 3.11. The minimum atomic E-state index is -4.38. The first-order valence-corrected chi connectivity index (χ1v) is 4.03. The number of aromatic nitrogens is 1. The van der Waals surface area contributed by atoms with Gasteiger partial charge in [0.05, 0.1) is 0 Å². The van der Waals surface area contributed by atoms with Crippen LogP contribution in [0.3, 0.4) is 0 Å². The molecular formula is C10H10F3N. The Morgan fingerprint density at radius 1 is 1.36 bits per heavy atom. The average molecular weight is 201 g/mol. The number of halogens is 3. The van der Waals surface area contributed by atoms with Crippen molar-refractivity contribution >= 4 is 5.57 Å². The van der Waals surface area contributed by atoms with Crippen molar-refractivity contribution in [3.63, 3.8) is 0 Å². The predicted octanol–water partition coefficient (Wildman–Crippen LogP) is 3.44. The number of pyridine rings is 1. The van der Waals surface area contributed by atoms with Gasteiger partial charge in [-0.3, -0.25) is 0 Å². The van der Waals surface area contributed by atoms with Gasteiger partial charge < -0.3 is 0 Å². The number of alkyl halides is 3. The van der Waals surface area contributed by atoms with Crippen LogP contribution in [0.4, 0.5) is 13.2 Å². The zero-order chi connectivity index (χ0) is 10.9. The molecule has 0 atom stereocenters. The fourth-order valence-corrected chi connectivity index (χ4v) is 1.17. The average Bonchev–Trinajstić information content (AvgIpc) is 2.01. The van der Waals surface area contributed by atoms with Gasteiger partial charge in [0, 0.05) is 5.69 Å². The quantitative estimate of drug-likeness (QED) is 0.678. The van der Waals surface area contributed by atoms with Crippen LogP contribution in [-0.2, 0) is 6.18 Å². The van der Waals surface area contributed by atoms with Gasteiger partial charge in [0.15, 0.2) is 0 Å². The number of aryl methyl sites for hydroxylation is 1. The minimum absolute atomic E-state index is 0.354. The van der Waals surface area contributed by atoms with Crippen LogP contribution in [0.5, 0.6) is 0 Å². The Bertz CT molecular complexity index is 366. The molecule has 0 aromatic carbocycles. The molecule has 1 nitrogen and oxygen atoms in total. The molecule has 1 heterocycles. The molecule has 0 amide bonds. The summed E-state index contributed by atoms with van der Waals surface area (Å²) >= 11 is 0. The van der Waals surface area contributed by atoms with E-state index in [-0.39, 0.29) is 0 Å². The minimum Gasteiger partial charge on any atom is -0.248 e. The summed E-state index contributed by atoms with van der Waals surface area (Å²) in [6.07, 6.45) is -4.38. The van der Waals surface area contributed by atoms with Gasteiger partial charge >= 0.3 is 6.18 Å². The molecule has 14 heavy (non-hydrogen) atoms. The van der Waals surface area contributed by atoms with E-state index < -0.39 is 11.9 Å². The summed E-state index contributed by atoms with van der Waals surface area (Å²) in [4.78, 5) is 3.48. The molecule has 0 N–H and O–H groups in total. The highest BCUT2D eigenvalue weighted by atomic mass is 19.4. The van der Waals surface area contributed by atoms with Crippen LogP contribution < -0.4 is 0 Å². The lowest BCUT2D eigenvalue weighted by molar-refractivity contribution is -0.141. The maximum Gasteiger partial charge on any atom is 0.433 e. The van der Waals surface area contributed by atoms with Crippen LogP contribution in [0.15, 0.2) is 18.7 Å². The molecule has 4 heteroatoms. The Morgan fingerprint density at radius 3 is 2.29 bits per heavy atom. The predicted molar refractivity (Wildman–Crippen MR) is 48.7 cm³/mol. The van der Waals surface area contributed by atoms with E-state index in [9.17, 15) is 13.2 Å². The van der Waals surface area contributed by atoms with E-state index in [1.54, 1.807) is 13.8 Å². The van der Waals surface area contributed by atoms with Crippen molar-refractivity contribution in [2.45, 2.75) is 20.0 Å². The highest BCUT2D eigenvalue weighted by Gasteiger charge is 2.32. The molecule has 0 aliphatic rings. The van der Waals surface area contributed by atoms with Gasteiger partial charge in [-0.1, -0.05) is 12.6 Å². The van der Waals surface area contributed by atoms with Crippen molar-refractivity contribution in [3.05, 3.63) is 35.7 Å². The van der Waals surface area contributed by atoms with Crippen LogP contribution in [0.2, 0.25) is 0 Å². The molecule has 0 fully saturated rings. The molecule has 1 aromatic heterocycles. The van der Waals surface area contributed by atoms with Gasteiger partial charge in [0.1, 0.15) is 5.69 Å². The summed E-state index contributed by atoms with van der Waals surface area (Å²) in [7, 11) is 0. The largest absolute Gasteiger partial charge is 0.433 e. The molecule has 1 rings (SSSR count). The second kappa shape index (κ2) is 3.44. The van der Waals surface area contributed by atoms with Crippen molar-refractivity contribution in [1.82, 2.24) is 4.98 Å². The Balaban J connectivity index is 3.20. The van der Waals surface area contributed by atoms with E-state index in [4.69, 9.17) is 0 Å². The van der Waals surface area contributed by atoms with Gasteiger partial charge in [-0.2, -0.15) is 13.2 Å². The van der Waals surface area contributed by atoms with Gasteiger partial charge in [0.25, 0.3) is 0 Å². The van der Waals surface area contributed by atoms with E-state index in [0.29, 0.717) is 16.8 Å². The third kappa shape index (κ3) is 2.13. The normalized spacial score (nSPS) is 11.5. The third-order valence-corrected chi connectivity index (χ3v) is 1.84. The smallest absolute Gasteiger partial charge is 0.248 e. The summed E-state index contributed by atoms with van der Waals surface area (Å²) in [6, 6.07) is 2.37. The van der Waals surface area contributed by atoms with Gasteiger partial charge in [-0.15, -0.1) is 0 Å². The third-order valence-electron chi connectivity index (χ3n) is 1.84. The van der Waals surface area contributed by atoms with E-state index in [1.807, 2.05) is 0 Å². The molecular weight excluding hydrogens is 191 g/mol. The molecule has 0 aliphatic heterocycles. The van der Waals surface area contributed by atoms with Gasteiger partial charge in [0.2, 0.25) is 0 Å². The number of hydrogen-bond donors (Lipinski definition) is 0. The lowest BCUT2D eigenvalue weighted by Crippen LogP contribution is -2.09. The molecule has 0 aliphatic carbocycles. The number of allylic oxidation sites excluding steroid dienone is 1. The fourth-order valence-electron chi connectivity index (χ4n) is 1.17. The summed E-state index contributed by atoms with van der Waals surface area (Å²) in [5, 5.41) is 0. The van der Waals surface area contributed by atoms with Crippen LogP contribution in [-0.4, -0.2) is 4.98 Å². The van der Waals surface area contributed by atoms with E-state index in [0.717, 1.165) is 6.07 Å². The number of nitrogens with zero attached hydrogens (tertiary/aromatic N) is 1. The second-order valence-electron chi connectivity index (χ2n) is 3.11. The topological polar surface area (TPSA) is 12.9 Å². The van der Waals surface area contributed by atoms with Crippen molar-refractivity contribution in [1.29, 1.82) is 0 Å². The van der Waals surface area contributed by atoms with Gasteiger partial charge in [-0.05, 0) is 31.1 Å². The molecule has 0 spiro atoms. The highest BCUT2D eigenvalue weighted by Crippen LogP contribution is 2.29. The summed E-state index contributed by atoms with van der Waals surface area (Å²) in [5.41, 5.74) is 0.869. The van der Waals surface area contributed by atoms with Crippen molar-refractivity contribution in [2.75, 3.05) is 0 Å². The van der Waals surface area contributed by atoms with E-state index in [1.165, 1.54) is 6.07 Å². The lowest BCUT2D eigenvalue weighted by atomic mass is 10.1. The van der Waals surface area contributed by atoms with Crippen molar-refractivity contribution in [2.24, 2.45) is 0 Å². The first-order chi connectivity index (χ1) is 6.32. The number of rotatable bonds is 1. The zero-order valence-corrected chi connectivity index (χ0v) is 7.94. The first-order valence-electron chi connectivity index (χ1n) is 4.03. The molecule has 0 saturated heterocycles. The monoisotopic (exact) mass is 201 g/mol. The Hall–Kier alpha value is -1.32. The van der Waals surface area contributed by atoms with Crippen LogP contribution >= 0.6 is 0 Å². The molecule has 0 saturated carbocycles. The van der Waals surface area contributed by atoms with Crippen LogP contribution in [0.1, 0.15) is 23.9 Å². The Labute approximate surface area is 80.3 Å². The first kappa shape index (κ1) is 10.8. The maximum absolute atomic E-state index is 12.2. The molecule has 0 unspecified atom stereocenters. The highest BCUT2D eigenvalue weighted by molar-refractivity contribution is 5.63. The van der Waals surface area contributed by atoms with Gasteiger partial charge in [-0.25, -0.2) is 4.98 Å². The van der Waals surface area contributed by atoms with Crippen LogP contribution in [0.25, 0.3) is 5.57 Å². The van der Waals surface area contributed by atoms with E-state index >= 15 is 0 Å². The fraction of sp³-hybridized carbons (Fsp3) is 0.300. The molecule has 0 bridgehead atoms. The Morgan fingerprint density at radius 2 is 1.93 bits per heavy atom. The molecule has 0 radical (unpaired) electrons. The molecule has 76 valence electrons. The Kier molecular flexibility index (Phi) is 2.64. The maximum atomic E-state index is 12.2.